The van der Waals surface area contributed by atoms with Crippen LogP contribution < -0.4 is 5.32 Å². The molecule has 1 aliphatic heterocycles. The molecule has 3 atom stereocenters. The van der Waals surface area contributed by atoms with Gasteiger partial charge in [-0.3, -0.25) is 10.1 Å². The van der Waals surface area contributed by atoms with Gasteiger partial charge in [0.25, 0.3) is 5.69 Å². The largest absolute Gasteiger partial charge is 0.394 e. The van der Waals surface area contributed by atoms with Crippen molar-refractivity contribution >= 4 is 17.7 Å². The highest BCUT2D eigenvalue weighted by molar-refractivity contribution is 5.59. The summed E-state index contributed by atoms with van der Waals surface area (Å²) < 4.78 is 0. The van der Waals surface area contributed by atoms with Crippen molar-refractivity contribution in [3.8, 4) is 0 Å². The number of benzene rings is 1. The second kappa shape index (κ2) is 8.39. The van der Waals surface area contributed by atoms with Gasteiger partial charge in [0, 0.05) is 24.4 Å². The van der Waals surface area contributed by atoms with Crippen LogP contribution in [0.1, 0.15) is 5.56 Å². The standard InChI is InChI=1S/C8H8N2O2.C5H10O5/c11-10(12)7-1-2-8-6(5-7)3-4-9-8;6-1-3(8)5(10)4(9)2-7/h1-2,5,9H,3-4H2;1,3-5,7-10H,2H2. The molecule has 122 valence electrons. The number of anilines is 1. The second-order valence-electron chi connectivity index (χ2n) is 4.64. The molecule has 9 nitrogen and oxygen atoms in total. The van der Waals surface area contributed by atoms with E-state index < -0.39 is 24.9 Å². The summed E-state index contributed by atoms with van der Waals surface area (Å²) in [6.45, 7) is 0.197. The molecule has 22 heavy (non-hydrogen) atoms. The summed E-state index contributed by atoms with van der Waals surface area (Å²) in [5.74, 6) is 0. The predicted molar refractivity (Wildman–Crippen MR) is 76.5 cm³/mol. The fourth-order valence-corrected chi connectivity index (χ4v) is 1.82. The maximum absolute atomic E-state index is 10.4. The number of nitrogens with one attached hydrogen (secondary N) is 1. The lowest BCUT2D eigenvalue weighted by atomic mass is 10.1. The normalized spacial score (nSPS) is 16.4. The molecule has 0 saturated heterocycles. The van der Waals surface area contributed by atoms with E-state index in [4.69, 9.17) is 20.4 Å². The third-order valence-electron chi connectivity index (χ3n) is 3.08. The Morgan fingerprint density at radius 2 is 2.05 bits per heavy atom. The van der Waals surface area contributed by atoms with Gasteiger partial charge in [-0.25, -0.2) is 0 Å². The van der Waals surface area contributed by atoms with Crippen LogP contribution in [-0.2, 0) is 11.2 Å². The van der Waals surface area contributed by atoms with Crippen LogP contribution in [0.2, 0.25) is 0 Å². The first-order chi connectivity index (χ1) is 10.4. The fourth-order valence-electron chi connectivity index (χ4n) is 1.82. The van der Waals surface area contributed by atoms with Gasteiger partial charge in [-0.05, 0) is 18.1 Å². The summed E-state index contributed by atoms with van der Waals surface area (Å²) in [6.07, 6.45) is -3.74. The zero-order valence-electron chi connectivity index (χ0n) is 11.6. The highest BCUT2D eigenvalue weighted by atomic mass is 16.6. The van der Waals surface area contributed by atoms with E-state index in [1.807, 2.05) is 0 Å². The zero-order chi connectivity index (χ0) is 16.7. The molecule has 0 saturated carbocycles. The average molecular weight is 314 g/mol. The Morgan fingerprint density at radius 3 is 2.59 bits per heavy atom. The molecule has 1 aromatic carbocycles. The van der Waals surface area contributed by atoms with Gasteiger partial charge in [0.2, 0.25) is 0 Å². The molecule has 0 aliphatic carbocycles. The minimum absolute atomic E-state index is 0.0869. The zero-order valence-corrected chi connectivity index (χ0v) is 11.6. The van der Waals surface area contributed by atoms with Crippen molar-refractivity contribution in [1.29, 1.82) is 0 Å². The van der Waals surface area contributed by atoms with E-state index >= 15 is 0 Å². The quantitative estimate of drug-likeness (QED) is 0.259. The molecular weight excluding hydrogens is 296 g/mol. The number of hydrogen-bond acceptors (Lipinski definition) is 8. The van der Waals surface area contributed by atoms with Crippen molar-refractivity contribution in [2.75, 3.05) is 18.5 Å². The summed E-state index contributed by atoms with van der Waals surface area (Å²) in [5.41, 5.74) is 2.25. The van der Waals surface area contributed by atoms with Crippen LogP contribution in [0.15, 0.2) is 18.2 Å². The Labute approximate surface area is 126 Å². The van der Waals surface area contributed by atoms with Crippen molar-refractivity contribution in [2.24, 2.45) is 0 Å². The lowest BCUT2D eigenvalue weighted by Gasteiger charge is -2.16. The molecule has 2 rings (SSSR count). The number of nitro benzene ring substituents is 1. The number of hydrogen-bond donors (Lipinski definition) is 5. The third kappa shape index (κ3) is 4.74. The van der Waals surface area contributed by atoms with E-state index in [9.17, 15) is 14.9 Å². The Balaban J connectivity index is 0.000000225. The highest BCUT2D eigenvalue weighted by Crippen LogP contribution is 2.25. The topological polar surface area (TPSA) is 153 Å². The fraction of sp³-hybridized carbons (Fsp3) is 0.462. The van der Waals surface area contributed by atoms with E-state index in [1.165, 1.54) is 6.07 Å². The molecule has 0 fully saturated rings. The predicted octanol–water partition coefficient (Wildman–Crippen LogP) is -1.18. The van der Waals surface area contributed by atoms with Crippen LogP contribution in [0.25, 0.3) is 0 Å². The van der Waals surface area contributed by atoms with Crippen LogP contribution in [0, 0.1) is 10.1 Å². The van der Waals surface area contributed by atoms with E-state index in [0.29, 0.717) is 0 Å². The number of carbonyl (C=O) groups excluding carboxylic acids is 1. The molecular formula is C13H18N2O7. The molecule has 1 aliphatic rings. The lowest BCUT2D eigenvalue weighted by molar-refractivity contribution is -0.384. The average Bonchev–Trinajstić information content (AvgIpc) is 3.00. The Bertz CT molecular complexity index is 523. The molecule has 0 bridgehead atoms. The molecule has 0 spiro atoms. The first-order valence-corrected chi connectivity index (χ1v) is 6.52. The second-order valence-corrected chi connectivity index (χ2v) is 4.64. The van der Waals surface area contributed by atoms with Crippen molar-refractivity contribution in [3.05, 3.63) is 33.9 Å². The monoisotopic (exact) mass is 314 g/mol. The molecule has 5 N–H and O–H groups in total. The van der Waals surface area contributed by atoms with Gasteiger partial charge in [0.05, 0.1) is 11.5 Å². The van der Waals surface area contributed by atoms with Gasteiger partial charge in [-0.2, -0.15) is 0 Å². The molecule has 3 unspecified atom stereocenters. The van der Waals surface area contributed by atoms with Gasteiger partial charge >= 0.3 is 0 Å². The van der Waals surface area contributed by atoms with Crippen LogP contribution in [0.4, 0.5) is 11.4 Å². The van der Waals surface area contributed by atoms with Crippen molar-refractivity contribution < 1.29 is 30.1 Å². The van der Waals surface area contributed by atoms with Crippen molar-refractivity contribution in [1.82, 2.24) is 0 Å². The molecule has 0 radical (unpaired) electrons. The molecule has 1 heterocycles. The SMILES string of the molecule is O=CC(O)C(O)C(O)CO.O=[N+]([O-])c1ccc2c(c1)CCN2. The van der Waals surface area contributed by atoms with Gasteiger partial charge in [-0.1, -0.05) is 0 Å². The van der Waals surface area contributed by atoms with E-state index in [2.05, 4.69) is 5.32 Å². The maximum atomic E-state index is 10.4. The number of carbonyl (C=O) groups is 1. The molecule has 0 aromatic heterocycles. The summed E-state index contributed by atoms with van der Waals surface area (Å²) >= 11 is 0. The number of aliphatic hydroxyl groups excluding tert-OH is 4. The van der Waals surface area contributed by atoms with Crippen molar-refractivity contribution in [2.45, 2.75) is 24.7 Å². The van der Waals surface area contributed by atoms with Gasteiger partial charge in [0.15, 0.2) is 6.29 Å². The lowest BCUT2D eigenvalue weighted by Crippen LogP contribution is -2.40. The maximum Gasteiger partial charge on any atom is 0.269 e. The van der Waals surface area contributed by atoms with Crippen LogP contribution in [0.3, 0.4) is 0 Å². The van der Waals surface area contributed by atoms with Crippen LogP contribution in [-0.4, -0.2) is 63.1 Å². The van der Waals surface area contributed by atoms with Gasteiger partial charge in [0.1, 0.15) is 18.3 Å². The van der Waals surface area contributed by atoms with Gasteiger partial charge in [-0.15, -0.1) is 0 Å². The first-order valence-electron chi connectivity index (χ1n) is 6.52. The smallest absolute Gasteiger partial charge is 0.269 e. The highest BCUT2D eigenvalue weighted by Gasteiger charge is 2.22. The van der Waals surface area contributed by atoms with Crippen molar-refractivity contribution in [3.63, 3.8) is 0 Å². The number of fused-ring (bicyclic) bond motifs is 1. The Morgan fingerprint density at radius 1 is 1.36 bits per heavy atom. The van der Waals surface area contributed by atoms with Crippen LogP contribution >= 0.6 is 0 Å². The summed E-state index contributed by atoms with van der Waals surface area (Å²) in [5, 5.41) is 47.6. The molecule has 1 aromatic rings. The van der Waals surface area contributed by atoms with E-state index in [1.54, 1.807) is 12.1 Å². The minimum Gasteiger partial charge on any atom is -0.394 e. The van der Waals surface area contributed by atoms with E-state index in [0.717, 1.165) is 24.2 Å². The third-order valence-corrected chi connectivity index (χ3v) is 3.08. The molecule has 0 amide bonds. The number of nitro groups is 1. The van der Waals surface area contributed by atoms with E-state index in [-0.39, 0.29) is 16.9 Å². The Hall–Kier alpha value is -2.07. The number of nitrogens with zero attached hydrogens (tertiary/aromatic N) is 1. The number of aldehydes is 1. The first kappa shape index (κ1) is 18.0. The number of rotatable bonds is 5. The number of non-ortho nitro benzene ring substituents is 1. The summed E-state index contributed by atoms with van der Waals surface area (Å²) in [7, 11) is 0. The molecule has 9 heteroatoms. The van der Waals surface area contributed by atoms with Crippen LogP contribution in [0.5, 0.6) is 0 Å². The summed E-state index contributed by atoms with van der Waals surface area (Å²) in [4.78, 5) is 19.8. The Kier molecular flexibility index (Phi) is 6.86. The van der Waals surface area contributed by atoms with Gasteiger partial charge < -0.3 is 30.5 Å². The number of aliphatic hydroxyl groups is 4. The summed E-state index contributed by atoms with van der Waals surface area (Å²) in [6, 6.07) is 4.92. The minimum atomic E-state index is -1.64.